The normalized spacial score (nSPS) is 14.0. The third-order valence-corrected chi connectivity index (χ3v) is 2.19. The van der Waals surface area contributed by atoms with Crippen LogP contribution in [0.5, 0.6) is 0 Å². The highest BCUT2D eigenvalue weighted by Crippen LogP contribution is 2.06. The fourth-order valence-electron chi connectivity index (χ4n) is 0.977. The number of hydrogen-bond acceptors (Lipinski definition) is 3. The minimum Gasteiger partial charge on any atom is -0.381 e. The number of nitrogens with zero attached hydrogens (tertiary/aromatic N) is 1. The zero-order valence-electron chi connectivity index (χ0n) is 9.80. The lowest BCUT2D eigenvalue weighted by atomic mass is 10.0. The number of nitriles is 1. The fraction of sp³-hybridized carbons (Fsp3) is 0.818. The van der Waals surface area contributed by atoms with E-state index in [4.69, 9.17) is 10.00 Å². The molecule has 0 fully saturated rings. The highest BCUT2D eigenvalue weighted by Gasteiger charge is 2.22. The smallest absolute Gasteiger partial charge is 0.223 e. The van der Waals surface area contributed by atoms with Gasteiger partial charge in [0, 0.05) is 6.61 Å². The Hall–Kier alpha value is -1.08. The van der Waals surface area contributed by atoms with Crippen molar-refractivity contribution in [1.29, 1.82) is 5.26 Å². The first-order valence-electron chi connectivity index (χ1n) is 5.38. The van der Waals surface area contributed by atoms with E-state index in [2.05, 4.69) is 11.4 Å². The number of carbonyl (C=O) groups is 1. The van der Waals surface area contributed by atoms with Crippen LogP contribution in [0.1, 0.15) is 40.0 Å². The van der Waals surface area contributed by atoms with Crippen LogP contribution in [0.3, 0.4) is 0 Å². The molecule has 86 valence electrons. The van der Waals surface area contributed by atoms with Crippen LogP contribution in [0.2, 0.25) is 0 Å². The Morgan fingerprint density at radius 3 is 2.60 bits per heavy atom. The van der Waals surface area contributed by atoms with Gasteiger partial charge in [0.05, 0.1) is 19.1 Å². The van der Waals surface area contributed by atoms with Gasteiger partial charge >= 0.3 is 0 Å². The Balaban J connectivity index is 3.79. The van der Waals surface area contributed by atoms with Gasteiger partial charge in [-0.05, 0) is 19.8 Å². The van der Waals surface area contributed by atoms with Crippen molar-refractivity contribution in [3.8, 4) is 6.07 Å². The van der Waals surface area contributed by atoms with E-state index in [0.717, 1.165) is 6.42 Å². The largest absolute Gasteiger partial charge is 0.381 e. The molecule has 0 rings (SSSR count). The standard InChI is InChI=1S/C11H20N2O2/c1-4-7-15-8-6-10(14)13-11(3,5-2)9-12/h4-8H2,1-3H3,(H,13,14). The number of ether oxygens (including phenoxy) is 1. The second-order valence-corrected chi connectivity index (χ2v) is 3.71. The summed E-state index contributed by atoms with van der Waals surface area (Å²) in [4.78, 5) is 11.4. The molecular weight excluding hydrogens is 192 g/mol. The Kier molecular flexibility index (Phi) is 6.72. The zero-order valence-corrected chi connectivity index (χ0v) is 9.80. The van der Waals surface area contributed by atoms with Crippen LogP contribution in [0, 0.1) is 11.3 Å². The van der Waals surface area contributed by atoms with Crippen molar-refractivity contribution in [2.24, 2.45) is 0 Å². The number of nitrogens with one attached hydrogen (secondary N) is 1. The van der Waals surface area contributed by atoms with Gasteiger partial charge in [0.15, 0.2) is 0 Å². The Bertz CT molecular complexity index is 235. The van der Waals surface area contributed by atoms with Gasteiger partial charge in [-0.2, -0.15) is 5.26 Å². The third-order valence-electron chi connectivity index (χ3n) is 2.19. The number of amides is 1. The summed E-state index contributed by atoms with van der Waals surface area (Å²) < 4.78 is 5.19. The van der Waals surface area contributed by atoms with E-state index in [-0.39, 0.29) is 5.91 Å². The molecule has 4 heteroatoms. The van der Waals surface area contributed by atoms with Gasteiger partial charge in [-0.1, -0.05) is 13.8 Å². The third kappa shape index (κ3) is 6.08. The molecule has 4 nitrogen and oxygen atoms in total. The Morgan fingerprint density at radius 2 is 2.13 bits per heavy atom. The Morgan fingerprint density at radius 1 is 1.47 bits per heavy atom. The van der Waals surface area contributed by atoms with Crippen molar-refractivity contribution in [3.63, 3.8) is 0 Å². The molecule has 0 aliphatic rings. The molecule has 0 radical (unpaired) electrons. The van der Waals surface area contributed by atoms with Crippen molar-refractivity contribution in [2.45, 2.75) is 45.6 Å². The summed E-state index contributed by atoms with van der Waals surface area (Å²) in [6, 6.07) is 2.09. The Labute approximate surface area is 91.6 Å². The van der Waals surface area contributed by atoms with E-state index in [1.54, 1.807) is 6.92 Å². The molecule has 0 aromatic rings. The van der Waals surface area contributed by atoms with Crippen molar-refractivity contribution < 1.29 is 9.53 Å². The van der Waals surface area contributed by atoms with Gasteiger partial charge in [0.2, 0.25) is 5.91 Å². The lowest BCUT2D eigenvalue weighted by molar-refractivity contribution is -0.123. The fourth-order valence-corrected chi connectivity index (χ4v) is 0.977. The number of hydrogen-bond donors (Lipinski definition) is 1. The molecule has 1 unspecified atom stereocenters. The molecule has 0 saturated carbocycles. The van der Waals surface area contributed by atoms with Crippen LogP contribution in [-0.2, 0) is 9.53 Å². The van der Waals surface area contributed by atoms with Crippen molar-refractivity contribution in [2.75, 3.05) is 13.2 Å². The first kappa shape index (κ1) is 13.9. The lowest BCUT2D eigenvalue weighted by Gasteiger charge is -2.21. The van der Waals surface area contributed by atoms with E-state index in [1.807, 2.05) is 13.8 Å². The SMILES string of the molecule is CCCOCCC(=O)NC(C)(C#N)CC. The van der Waals surface area contributed by atoms with Gasteiger partial charge in [-0.15, -0.1) is 0 Å². The quantitative estimate of drug-likeness (QED) is 0.652. The van der Waals surface area contributed by atoms with Crippen LogP contribution in [0.15, 0.2) is 0 Å². The van der Waals surface area contributed by atoms with Crippen LogP contribution in [0.4, 0.5) is 0 Å². The summed E-state index contributed by atoms with van der Waals surface area (Å²) in [7, 11) is 0. The lowest BCUT2D eigenvalue weighted by Crippen LogP contribution is -2.44. The van der Waals surface area contributed by atoms with E-state index in [9.17, 15) is 4.79 Å². The molecule has 1 N–H and O–H groups in total. The summed E-state index contributed by atoms with van der Waals surface area (Å²) >= 11 is 0. The van der Waals surface area contributed by atoms with Gasteiger partial charge in [-0.3, -0.25) is 4.79 Å². The second-order valence-electron chi connectivity index (χ2n) is 3.71. The molecule has 1 amide bonds. The van der Waals surface area contributed by atoms with Gasteiger partial charge in [0.1, 0.15) is 5.54 Å². The maximum absolute atomic E-state index is 11.4. The van der Waals surface area contributed by atoms with E-state index in [1.165, 1.54) is 0 Å². The molecule has 0 spiro atoms. The molecule has 0 aromatic carbocycles. The molecule has 0 aromatic heterocycles. The van der Waals surface area contributed by atoms with Gasteiger partial charge < -0.3 is 10.1 Å². The van der Waals surface area contributed by atoms with E-state index >= 15 is 0 Å². The summed E-state index contributed by atoms with van der Waals surface area (Å²) in [6.45, 7) is 6.71. The number of rotatable bonds is 7. The van der Waals surface area contributed by atoms with E-state index < -0.39 is 5.54 Å². The molecule has 0 bridgehead atoms. The molecule has 15 heavy (non-hydrogen) atoms. The summed E-state index contributed by atoms with van der Waals surface area (Å²) in [5.41, 5.74) is -0.748. The predicted molar refractivity (Wildman–Crippen MR) is 58.2 cm³/mol. The highest BCUT2D eigenvalue weighted by atomic mass is 16.5. The molecular formula is C11H20N2O2. The van der Waals surface area contributed by atoms with Crippen molar-refractivity contribution >= 4 is 5.91 Å². The first-order chi connectivity index (χ1) is 7.08. The van der Waals surface area contributed by atoms with Crippen molar-refractivity contribution in [1.82, 2.24) is 5.32 Å². The van der Waals surface area contributed by atoms with Gasteiger partial charge in [-0.25, -0.2) is 0 Å². The van der Waals surface area contributed by atoms with Gasteiger partial charge in [0.25, 0.3) is 0 Å². The zero-order chi connectivity index (χ0) is 11.7. The average molecular weight is 212 g/mol. The summed E-state index contributed by atoms with van der Waals surface area (Å²) in [5, 5.41) is 11.5. The van der Waals surface area contributed by atoms with Crippen LogP contribution < -0.4 is 5.32 Å². The molecule has 0 aliphatic carbocycles. The van der Waals surface area contributed by atoms with Crippen LogP contribution in [-0.4, -0.2) is 24.7 Å². The summed E-state index contributed by atoms with van der Waals surface area (Å²) in [6.07, 6.45) is 1.87. The molecule has 1 atom stereocenters. The molecule has 0 heterocycles. The van der Waals surface area contributed by atoms with Crippen molar-refractivity contribution in [3.05, 3.63) is 0 Å². The maximum atomic E-state index is 11.4. The average Bonchev–Trinajstić information content (AvgIpc) is 2.24. The first-order valence-corrected chi connectivity index (χ1v) is 5.38. The van der Waals surface area contributed by atoms with Crippen LogP contribution >= 0.6 is 0 Å². The molecule has 0 aliphatic heterocycles. The van der Waals surface area contributed by atoms with Crippen LogP contribution in [0.25, 0.3) is 0 Å². The minimum absolute atomic E-state index is 0.128. The summed E-state index contributed by atoms with van der Waals surface area (Å²) in [5.74, 6) is -0.128. The highest BCUT2D eigenvalue weighted by molar-refractivity contribution is 5.77. The minimum atomic E-state index is -0.748. The monoisotopic (exact) mass is 212 g/mol. The predicted octanol–water partition coefficient (Wildman–Crippen LogP) is 1.61. The van der Waals surface area contributed by atoms with E-state index in [0.29, 0.717) is 26.1 Å². The maximum Gasteiger partial charge on any atom is 0.223 e. The second kappa shape index (κ2) is 7.24. The topological polar surface area (TPSA) is 62.1 Å². The molecule has 0 saturated heterocycles. The number of carbonyl (C=O) groups excluding carboxylic acids is 1.